The largest absolute Gasteiger partial charge is 0.493 e. The highest BCUT2D eigenvalue weighted by Gasteiger charge is 2.16. The fourth-order valence-electron chi connectivity index (χ4n) is 1.82. The third kappa shape index (κ3) is 2.60. The number of furan rings is 1. The molecule has 1 heterocycles. The SMILES string of the molecule is CCOc1ccc(C(O)c2ccoc2C)cc1Br. The third-order valence-electron chi connectivity index (χ3n) is 2.77. The number of ether oxygens (including phenoxy) is 1. The number of aliphatic hydroxyl groups is 1. The Hall–Kier alpha value is -1.26. The minimum Gasteiger partial charge on any atom is -0.493 e. The van der Waals surface area contributed by atoms with E-state index in [4.69, 9.17) is 9.15 Å². The van der Waals surface area contributed by atoms with E-state index in [0.29, 0.717) is 6.61 Å². The first-order chi connectivity index (χ1) is 8.63. The maximum Gasteiger partial charge on any atom is 0.133 e. The molecule has 0 spiro atoms. The van der Waals surface area contributed by atoms with Gasteiger partial charge in [0.05, 0.1) is 17.3 Å². The van der Waals surface area contributed by atoms with E-state index in [0.717, 1.165) is 27.1 Å². The van der Waals surface area contributed by atoms with Crippen molar-refractivity contribution >= 4 is 15.9 Å². The zero-order chi connectivity index (χ0) is 13.1. The molecule has 0 saturated carbocycles. The van der Waals surface area contributed by atoms with Crippen LogP contribution >= 0.6 is 15.9 Å². The van der Waals surface area contributed by atoms with Crippen LogP contribution in [0.4, 0.5) is 0 Å². The number of benzene rings is 1. The van der Waals surface area contributed by atoms with Crippen molar-refractivity contribution in [2.24, 2.45) is 0 Å². The van der Waals surface area contributed by atoms with Crippen molar-refractivity contribution in [3.63, 3.8) is 0 Å². The van der Waals surface area contributed by atoms with Crippen molar-refractivity contribution in [1.29, 1.82) is 0 Å². The van der Waals surface area contributed by atoms with Crippen molar-refractivity contribution < 1.29 is 14.3 Å². The van der Waals surface area contributed by atoms with Crippen LogP contribution < -0.4 is 4.74 Å². The molecule has 0 aliphatic heterocycles. The Bertz CT molecular complexity index is 534. The number of aliphatic hydroxyl groups excluding tert-OH is 1. The molecular formula is C14H15BrO3. The van der Waals surface area contributed by atoms with Crippen molar-refractivity contribution in [3.8, 4) is 5.75 Å². The molecule has 4 heteroatoms. The fraction of sp³-hybridized carbons (Fsp3) is 0.286. The molecule has 2 rings (SSSR count). The second-order valence-corrected chi connectivity index (χ2v) is 4.81. The van der Waals surface area contributed by atoms with E-state index in [1.807, 2.05) is 32.0 Å². The summed E-state index contributed by atoms with van der Waals surface area (Å²) in [5.74, 6) is 1.50. The highest BCUT2D eigenvalue weighted by atomic mass is 79.9. The summed E-state index contributed by atoms with van der Waals surface area (Å²) in [6.07, 6.45) is 0.896. The fourth-order valence-corrected chi connectivity index (χ4v) is 2.33. The Morgan fingerprint density at radius 1 is 1.39 bits per heavy atom. The summed E-state index contributed by atoms with van der Waals surface area (Å²) in [4.78, 5) is 0. The molecule has 0 bridgehead atoms. The van der Waals surface area contributed by atoms with Gasteiger partial charge in [-0.2, -0.15) is 0 Å². The minimum atomic E-state index is -0.685. The topological polar surface area (TPSA) is 42.6 Å². The van der Waals surface area contributed by atoms with Crippen molar-refractivity contribution in [1.82, 2.24) is 0 Å². The lowest BCUT2D eigenvalue weighted by atomic mass is 10.0. The van der Waals surface area contributed by atoms with E-state index in [2.05, 4.69) is 15.9 Å². The van der Waals surface area contributed by atoms with Crippen molar-refractivity contribution in [3.05, 3.63) is 51.9 Å². The molecule has 18 heavy (non-hydrogen) atoms. The summed E-state index contributed by atoms with van der Waals surface area (Å²) in [5.41, 5.74) is 1.58. The second kappa shape index (κ2) is 5.59. The summed E-state index contributed by atoms with van der Waals surface area (Å²) in [6.45, 7) is 4.38. The molecule has 0 aliphatic carbocycles. The number of aryl methyl sites for hydroxylation is 1. The third-order valence-corrected chi connectivity index (χ3v) is 3.38. The zero-order valence-corrected chi connectivity index (χ0v) is 11.9. The molecule has 0 saturated heterocycles. The van der Waals surface area contributed by atoms with Gasteiger partial charge in [-0.25, -0.2) is 0 Å². The molecule has 0 radical (unpaired) electrons. The molecule has 0 amide bonds. The number of halogens is 1. The highest BCUT2D eigenvalue weighted by Crippen LogP contribution is 2.32. The average Bonchev–Trinajstić information content (AvgIpc) is 2.77. The van der Waals surface area contributed by atoms with Crippen LogP contribution in [0, 0.1) is 6.92 Å². The van der Waals surface area contributed by atoms with Crippen molar-refractivity contribution in [2.75, 3.05) is 6.61 Å². The van der Waals surface area contributed by atoms with Gasteiger partial charge in [0, 0.05) is 5.56 Å². The van der Waals surface area contributed by atoms with Crippen LogP contribution in [0.25, 0.3) is 0 Å². The normalized spacial score (nSPS) is 12.4. The van der Waals surface area contributed by atoms with Gasteiger partial charge in [0.15, 0.2) is 0 Å². The molecule has 0 fully saturated rings. The van der Waals surface area contributed by atoms with Gasteiger partial charge >= 0.3 is 0 Å². The van der Waals surface area contributed by atoms with Gasteiger partial charge in [0.1, 0.15) is 17.6 Å². The standard InChI is InChI=1S/C14H15BrO3/c1-3-17-13-5-4-10(8-12(13)15)14(16)11-6-7-18-9(11)2/h4-8,14,16H,3H2,1-2H3. The molecule has 3 nitrogen and oxygen atoms in total. The molecule has 1 aromatic carbocycles. The Labute approximate surface area is 115 Å². The average molecular weight is 311 g/mol. The molecule has 96 valence electrons. The summed E-state index contributed by atoms with van der Waals surface area (Å²) >= 11 is 3.44. The minimum absolute atomic E-state index is 0.612. The Morgan fingerprint density at radius 2 is 2.17 bits per heavy atom. The Kier molecular flexibility index (Phi) is 4.09. The summed E-state index contributed by atoms with van der Waals surface area (Å²) in [6, 6.07) is 7.35. The van der Waals surface area contributed by atoms with E-state index >= 15 is 0 Å². The van der Waals surface area contributed by atoms with Gasteiger partial charge < -0.3 is 14.3 Å². The molecule has 1 N–H and O–H groups in total. The van der Waals surface area contributed by atoms with Gasteiger partial charge in [-0.05, 0) is 53.5 Å². The van der Waals surface area contributed by atoms with Crippen LogP contribution in [-0.4, -0.2) is 11.7 Å². The molecular weight excluding hydrogens is 296 g/mol. The monoisotopic (exact) mass is 310 g/mol. The maximum absolute atomic E-state index is 10.3. The smallest absolute Gasteiger partial charge is 0.133 e. The van der Waals surface area contributed by atoms with Gasteiger partial charge in [-0.3, -0.25) is 0 Å². The molecule has 1 atom stereocenters. The predicted octanol–water partition coefficient (Wildman–Crippen LogP) is 3.83. The van der Waals surface area contributed by atoms with E-state index in [1.54, 1.807) is 12.3 Å². The van der Waals surface area contributed by atoms with Gasteiger partial charge in [0.25, 0.3) is 0 Å². The van der Waals surface area contributed by atoms with Crippen LogP contribution in [0.3, 0.4) is 0 Å². The lowest BCUT2D eigenvalue weighted by Gasteiger charge is -2.12. The van der Waals surface area contributed by atoms with Gasteiger partial charge in [-0.15, -0.1) is 0 Å². The van der Waals surface area contributed by atoms with Gasteiger partial charge in [-0.1, -0.05) is 6.07 Å². The quantitative estimate of drug-likeness (QED) is 0.933. The Balaban J connectivity index is 2.29. The first kappa shape index (κ1) is 13.2. The first-order valence-corrected chi connectivity index (χ1v) is 6.57. The molecule has 1 aromatic heterocycles. The van der Waals surface area contributed by atoms with Crippen LogP contribution in [-0.2, 0) is 0 Å². The van der Waals surface area contributed by atoms with E-state index in [-0.39, 0.29) is 0 Å². The number of hydrogen-bond acceptors (Lipinski definition) is 3. The lowest BCUT2D eigenvalue weighted by Crippen LogP contribution is -2.01. The number of hydrogen-bond donors (Lipinski definition) is 1. The van der Waals surface area contributed by atoms with Crippen LogP contribution in [0.1, 0.15) is 29.9 Å². The van der Waals surface area contributed by atoms with Gasteiger partial charge in [0.2, 0.25) is 0 Å². The lowest BCUT2D eigenvalue weighted by molar-refractivity contribution is 0.217. The molecule has 2 aromatic rings. The predicted molar refractivity (Wildman–Crippen MR) is 72.8 cm³/mol. The molecule has 0 aliphatic rings. The summed E-state index contributed by atoms with van der Waals surface area (Å²) in [5, 5.41) is 10.3. The maximum atomic E-state index is 10.3. The first-order valence-electron chi connectivity index (χ1n) is 5.77. The second-order valence-electron chi connectivity index (χ2n) is 3.96. The highest BCUT2D eigenvalue weighted by molar-refractivity contribution is 9.10. The molecule has 1 unspecified atom stereocenters. The summed E-state index contributed by atoms with van der Waals surface area (Å²) in [7, 11) is 0. The summed E-state index contributed by atoms with van der Waals surface area (Å²) < 4.78 is 11.5. The van der Waals surface area contributed by atoms with Crippen LogP contribution in [0.5, 0.6) is 5.75 Å². The van der Waals surface area contributed by atoms with E-state index < -0.39 is 6.10 Å². The zero-order valence-electron chi connectivity index (χ0n) is 10.3. The Morgan fingerprint density at radius 3 is 2.72 bits per heavy atom. The van der Waals surface area contributed by atoms with Crippen LogP contribution in [0.2, 0.25) is 0 Å². The van der Waals surface area contributed by atoms with E-state index in [1.165, 1.54) is 0 Å². The number of rotatable bonds is 4. The van der Waals surface area contributed by atoms with E-state index in [9.17, 15) is 5.11 Å². The van der Waals surface area contributed by atoms with Crippen LogP contribution in [0.15, 0.2) is 39.4 Å². The van der Waals surface area contributed by atoms with Crippen molar-refractivity contribution in [2.45, 2.75) is 20.0 Å².